The van der Waals surface area contributed by atoms with E-state index in [9.17, 15) is 18.5 Å². The summed E-state index contributed by atoms with van der Waals surface area (Å²) in [5, 5.41) is 18.8. The van der Waals surface area contributed by atoms with Crippen molar-refractivity contribution in [2.24, 2.45) is 0 Å². The number of carboxylic acid groups (broad SMARTS) is 1. The molecule has 36 heavy (non-hydrogen) atoms. The molecule has 2 atom stereocenters. The van der Waals surface area contributed by atoms with Gasteiger partial charge in [0.25, 0.3) is 0 Å². The smallest absolute Gasteiger partial charge is 0.304 e. The minimum atomic E-state index is -3.27. The van der Waals surface area contributed by atoms with Crippen LogP contribution in [0.3, 0.4) is 0 Å². The van der Waals surface area contributed by atoms with E-state index in [0.29, 0.717) is 30.1 Å². The van der Waals surface area contributed by atoms with Gasteiger partial charge in [-0.15, -0.1) is 0 Å². The molecular formula is C28H25NO6S. The maximum atomic E-state index is 11.8. The van der Waals surface area contributed by atoms with Crippen LogP contribution in [0.4, 0.5) is 0 Å². The summed E-state index contributed by atoms with van der Waals surface area (Å²) in [6.45, 7) is 0.350. The number of benzene rings is 3. The normalized spacial score (nSPS) is 18.1. The fourth-order valence-corrected chi connectivity index (χ4v) is 5.73. The summed E-state index contributed by atoms with van der Waals surface area (Å²) in [6.07, 6.45) is 3.11. The molecular weight excluding hydrogens is 478 g/mol. The highest BCUT2D eigenvalue weighted by Gasteiger charge is 2.30. The Bertz CT molecular complexity index is 1490. The van der Waals surface area contributed by atoms with Gasteiger partial charge in [0, 0.05) is 23.8 Å². The molecule has 2 unspecified atom stereocenters. The molecule has 7 nitrogen and oxygen atoms in total. The van der Waals surface area contributed by atoms with Crippen LogP contribution >= 0.6 is 0 Å². The highest BCUT2D eigenvalue weighted by atomic mass is 32.2. The van der Waals surface area contributed by atoms with Crippen LogP contribution < -0.4 is 9.47 Å². The van der Waals surface area contributed by atoms with Crippen LogP contribution in [0.2, 0.25) is 0 Å². The Morgan fingerprint density at radius 3 is 2.58 bits per heavy atom. The first-order valence-corrected chi connectivity index (χ1v) is 13.6. The number of hydrogen-bond donors (Lipinski definition) is 1. The molecule has 1 heterocycles. The van der Waals surface area contributed by atoms with Crippen molar-refractivity contribution in [2.45, 2.75) is 42.6 Å². The molecule has 3 aromatic carbocycles. The van der Waals surface area contributed by atoms with Gasteiger partial charge in [-0.25, -0.2) is 8.42 Å². The van der Waals surface area contributed by atoms with Gasteiger partial charge in [0.15, 0.2) is 9.84 Å². The lowest BCUT2D eigenvalue weighted by Crippen LogP contribution is -2.07. The fourth-order valence-electron chi connectivity index (χ4n) is 5.10. The largest absolute Gasteiger partial charge is 0.492 e. The molecule has 184 valence electrons. The Hall–Kier alpha value is -3.83. The van der Waals surface area contributed by atoms with Crippen LogP contribution in [0.15, 0.2) is 59.5 Å². The molecule has 0 radical (unpaired) electrons. The molecule has 0 bridgehead atoms. The lowest BCUT2D eigenvalue weighted by Gasteiger charge is -2.17. The zero-order chi connectivity index (χ0) is 25.4. The highest BCUT2D eigenvalue weighted by Crippen LogP contribution is 2.42. The van der Waals surface area contributed by atoms with Crippen molar-refractivity contribution in [3.05, 3.63) is 88.0 Å². The first kappa shape index (κ1) is 23.9. The van der Waals surface area contributed by atoms with Gasteiger partial charge in [0.1, 0.15) is 17.6 Å². The molecule has 0 aromatic heterocycles. The third-order valence-corrected chi connectivity index (χ3v) is 8.02. The summed E-state index contributed by atoms with van der Waals surface area (Å²) in [5.74, 6) is 0.315. The van der Waals surface area contributed by atoms with Gasteiger partial charge in [0.2, 0.25) is 0 Å². The van der Waals surface area contributed by atoms with E-state index in [2.05, 4.69) is 6.07 Å². The van der Waals surface area contributed by atoms with Crippen molar-refractivity contribution in [3.63, 3.8) is 0 Å². The molecule has 0 fully saturated rings. The fraction of sp³-hybridized carbons (Fsp3) is 0.286. The van der Waals surface area contributed by atoms with E-state index in [4.69, 9.17) is 14.6 Å². The molecule has 8 heteroatoms. The average Bonchev–Trinajstić information content (AvgIpc) is 3.43. The number of sulfone groups is 1. The van der Waals surface area contributed by atoms with Gasteiger partial charge in [-0.2, -0.15) is 5.26 Å². The van der Waals surface area contributed by atoms with Crippen molar-refractivity contribution in [1.29, 1.82) is 5.26 Å². The number of carboxylic acids is 1. The standard InChI is InChI=1S/C28H25NO6S/c1-36(32,33)21-6-2-17(3-7-21)12-25-18(15-29)4-8-24-23(25)10-11-26(24)35-20-5-9-22-19(13-28(30)31)16-34-27(22)14-20/h2-9,14,19,26H,10-13,16H2,1H3,(H,30,31). The van der Waals surface area contributed by atoms with E-state index in [1.807, 2.05) is 30.3 Å². The van der Waals surface area contributed by atoms with E-state index >= 15 is 0 Å². The maximum absolute atomic E-state index is 11.8. The number of aliphatic carboxylic acids is 1. The van der Waals surface area contributed by atoms with Crippen LogP contribution in [0, 0.1) is 11.3 Å². The quantitative estimate of drug-likeness (QED) is 0.502. The lowest BCUT2D eigenvalue weighted by molar-refractivity contribution is -0.137. The summed E-state index contributed by atoms with van der Waals surface area (Å²) in [6, 6.07) is 18.4. The monoisotopic (exact) mass is 503 g/mol. The Balaban J connectivity index is 1.38. The number of rotatable bonds is 7. The topological polar surface area (TPSA) is 114 Å². The predicted molar refractivity (Wildman–Crippen MR) is 132 cm³/mol. The zero-order valence-corrected chi connectivity index (χ0v) is 20.5. The van der Waals surface area contributed by atoms with Crippen molar-refractivity contribution in [3.8, 4) is 17.6 Å². The SMILES string of the molecule is CS(=O)(=O)c1ccc(Cc2c(C#N)ccc3c2CCC3Oc2ccc3c(c2)OCC3CC(=O)O)cc1. The van der Waals surface area contributed by atoms with E-state index < -0.39 is 15.8 Å². The van der Waals surface area contributed by atoms with Crippen molar-refractivity contribution in [1.82, 2.24) is 0 Å². The van der Waals surface area contributed by atoms with Crippen LogP contribution in [0.5, 0.6) is 11.5 Å². The Morgan fingerprint density at radius 2 is 1.89 bits per heavy atom. The second-order valence-electron chi connectivity index (χ2n) is 9.31. The number of fused-ring (bicyclic) bond motifs is 2. The number of hydrogen-bond acceptors (Lipinski definition) is 6. The predicted octanol–water partition coefficient (Wildman–Crippen LogP) is 4.57. The Morgan fingerprint density at radius 1 is 1.14 bits per heavy atom. The minimum Gasteiger partial charge on any atom is -0.492 e. The summed E-state index contributed by atoms with van der Waals surface area (Å²) < 4.78 is 35.6. The third-order valence-electron chi connectivity index (χ3n) is 6.89. The molecule has 0 amide bonds. The Kier molecular flexibility index (Phi) is 6.19. The van der Waals surface area contributed by atoms with Crippen LogP contribution in [-0.4, -0.2) is 32.4 Å². The number of carbonyl (C=O) groups is 1. The van der Waals surface area contributed by atoms with Gasteiger partial charge in [-0.05, 0) is 65.8 Å². The van der Waals surface area contributed by atoms with Gasteiger partial charge < -0.3 is 14.6 Å². The van der Waals surface area contributed by atoms with Crippen molar-refractivity contribution < 1.29 is 27.8 Å². The Labute approximate surface area is 209 Å². The number of ether oxygens (including phenoxy) is 2. The molecule has 1 aliphatic carbocycles. The summed E-state index contributed by atoms with van der Waals surface area (Å²) >= 11 is 0. The summed E-state index contributed by atoms with van der Waals surface area (Å²) in [4.78, 5) is 11.4. The molecule has 3 aromatic rings. The molecule has 1 aliphatic heterocycles. The lowest BCUT2D eigenvalue weighted by atomic mass is 9.92. The second kappa shape index (κ2) is 9.32. The van der Waals surface area contributed by atoms with Crippen molar-refractivity contribution >= 4 is 15.8 Å². The van der Waals surface area contributed by atoms with Crippen LogP contribution in [0.25, 0.3) is 0 Å². The molecule has 5 rings (SSSR count). The van der Waals surface area contributed by atoms with Gasteiger partial charge >= 0.3 is 5.97 Å². The summed E-state index contributed by atoms with van der Waals surface area (Å²) in [5.41, 5.74) is 5.52. The molecule has 0 spiro atoms. The van der Waals surface area contributed by atoms with E-state index in [1.165, 1.54) is 6.26 Å². The van der Waals surface area contributed by atoms with Gasteiger partial charge in [-0.1, -0.05) is 24.3 Å². The highest BCUT2D eigenvalue weighted by molar-refractivity contribution is 7.90. The van der Waals surface area contributed by atoms with Gasteiger partial charge in [-0.3, -0.25) is 4.79 Å². The molecule has 0 saturated carbocycles. The van der Waals surface area contributed by atoms with Gasteiger partial charge in [0.05, 0.1) is 29.6 Å². The third kappa shape index (κ3) is 4.67. The minimum absolute atomic E-state index is 0.0319. The summed E-state index contributed by atoms with van der Waals surface area (Å²) in [7, 11) is -3.27. The van der Waals surface area contributed by atoms with E-state index in [1.54, 1.807) is 24.3 Å². The first-order chi connectivity index (χ1) is 17.2. The van der Waals surface area contributed by atoms with Crippen LogP contribution in [0.1, 0.15) is 58.2 Å². The number of nitriles is 1. The molecule has 2 aliphatic rings. The number of nitrogens with zero attached hydrogens (tertiary/aromatic N) is 1. The zero-order valence-electron chi connectivity index (χ0n) is 19.7. The van der Waals surface area contributed by atoms with E-state index in [-0.39, 0.29) is 23.3 Å². The average molecular weight is 504 g/mol. The maximum Gasteiger partial charge on any atom is 0.304 e. The first-order valence-electron chi connectivity index (χ1n) is 11.7. The van der Waals surface area contributed by atoms with E-state index in [0.717, 1.165) is 40.7 Å². The van der Waals surface area contributed by atoms with Crippen molar-refractivity contribution in [2.75, 3.05) is 12.9 Å². The molecule has 0 saturated heterocycles. The molecule has 1 N–H and O–H groups in total. The second-order valence-corrected chi connectivity index (χ2v) is 11.3. The van der Waals surface area contributed by atoms with Crippen LogP contribution in [-0.2, 0) is 27.5 Å².